The minimum absolute atomic E-state index is 0.00829. The SMILES string of the molecule is CCn1c2ccccc2c2nnc(NN=Cc3cc(O)ccc3O)nc21. The summed E-state index contributed by atoms with van der Waals surface area (Å²) in [6.07, 6.45) is 1.37. The minimum atomic E-state index is 0.00829. The van der Waals surface area contributed by atoms with Crippen molar-refractivity contribution in [2.24, 2.45) is 5.10 Å². The van der Waals surface area contributed by atoms with E-state index in [0.717, 1.165) is 28.6 Å². The highest BCUT2D eigenvalue weighted by atomic mass is 16.3. The zero-order valence-corrected chi connectivity index (χ0v) is 14.0. The Morgan fingerprint density at radius 1 is 1.15 bits per heavy atom. The van der Waals surface area contributed by atoms with Crippen LogP contribution in [0.1, 0.15) is 12.5 Å². The van der Waals surface area contributed by atoms with Gasteiger partial charge in [-0.3, -0.25) is 0 Å². The van der Waals surface area contributed by atoms with E-state index in [1.165, 1.54) is 24.4 Å². The van der Waals surface area contributed by atoms with Crippen LogP contribution in [-0.2, 0) is 6.54 Å². The number of phenolic OH excluding ortho intramolecular Hbond substituents is 2. The number of hydrogen-bond donors (Lipinski definition) is 3. The molecular formula is C18H16N6O2. The van der Waals surface area contributed by atoms with Gasteiger partial charge < -0.3 is 14.8 Å². The summed E-state index contributed by atoms with van der Waals surface area (Å²) in [5.74, 6) is 0.288. The van der Waals surface area contributed by atoms with Crippen molar-refractivity contribution < 1.29 is 10.2 Å². The Labute approximate surface area is 148 Å². The monoisotopic (exact) mass is 348 g/mol. The van der Waals surface area contributed by atoms with Gasteiger partial charge in [-0.15, -0.1) is 10.2 Å². The number of anilines is 1. The van der Waals surface area contributed by atoms with Crippen LogP contribution in [0.5, 0.6) is 11.5 Å². The number of aromatic nitrogens is 4. The molecule has 0 saturated carbocycles. The largest absolute Gasteiger partial charge is 0.508 e. The molecule has 130 valence electrons. The van der Waals surface area contributed by atoms with E-state index in [4.69, 9.17) is 0 Å². The molecule has 0 amide bonds. The molecule has 0 aliphatic carbocycles. The number of para-hydroxylation sites is 1. The van der Waals surface area contributed by atoms with Crippen LogP contribution in [0.2, 0.25) is 0 Å². The molecular weight excluding hydrogens is 332 g/mol. The van der Waals surface area contributed by atoms with Gasteiger partial charge in [0.2, 0.25) is 0 Å². The number of nitrogens with zero attached hydrogens (tertiary/aromatic N) is 5. The smallest absolute Gasteiger partial charge is 0.265 e. The zero-order valence-electron chi connectivity index (χ0n) is 14.0. The van der Waals surface area contributed by atoms with E-state index < -0.39 is 0 Å². The van der Waals surface area contributed by atoms with Crippen molar-refractivity contribution in [1.29, 1.82) is 0 Å². The molecule has 8 heteroatoms. The molecule has 2 aromatic carbocycles. The predicted molar refractivity (Wildman–Crippen MR) is 99.5 cm³/mol. The van der Waals surface area contributed by atoms with Gasteiger partial charge in [0.1, 0.15) is 17.0 Å². The molecule has 3 N–H and O–H groups in total. The molecule has 8 nitrogen and oxygen atoms in total. The van der Waals surface area contributed by atoms with Crippen LogP contribution in [-0.4, -0.2) is 36.2 Å². The van der Waals surface area contributed by atoms with Crippen LogP contribution in [0.25, 0.3) is 22.1 Å². The van der Waals surface area contributed by atoms with Crippen molar-refractivity contribution in [2.75, 3.05) is 5.43 Å². The fourth-order valence-corrected chi connectivity index (χ4v) is 2.88. The van der Waals surface area contributed by atoms with Gasteiger partial charge in [0.25, 0.3) is 5.95 Å². The standard InChI is InChI=1S/C18H16N6O2/c1-2-24-14-6-4-3-5-13(14)16-17(24)20-18(23-21-16)22-19-10-11-9-12(25)7-8-15(11)26/h3-10,25-26H,2H2,1H3,(H,20,22,23). The number of aryl methyl sites for hydroxylation is 1. The number of rotatable bonds is 4. The first kappa shape index (κ1) is 15.8. The van der Waals surface area contributed by atoms with Crippen LogP contribution in [0.15, 0.2) is 47.6 Å². The topological polar surface area (TPSA) is 108 Å². The average Bonchev–Trinajstić information content (AvgIpc) is 2.97. The summed E-state index contributed by atoms with van der Waals surface area (Å²) in [5.41, 5.74) is 5.59. The maximum atomic E-state index is 9.75. The Kier molecular flexibility index (Phi) is 3.85. The maximum absolute atomic E-state index is 9.75. The summed E-state index contributed by atoms with van der Waals surface area (Å²) in [5, 5.41) is 32.6. The zero-order chi connectivity index (χ0) is 18.1. The summed E-state index contributed by atoms with van der Waals surface area (Å²) in [4.78, 5) is 4.51. The van der Waals surface area contributed by atoms with Crippen LogP contribution in [0.4, 0.5) is 5.95 Å². The van der Waals surface area contributed by atoms with Gasteiger partial charge in [-0.1, -0.05) is 18.2 Å². The molecule has 26 heavy (non-hydrogen) atoms. The highest BCUT2D eigenvalue weighted by Crippen LogP contribution is 2.26. The number of hydrogen-bond acceptors (Lipinski definition) is 7. The predicted octanol–water partition coefficient (Wildman–Crippen LogP) is 2.86. The Bertz CT molecular complexity index is 1140. The highest BCUT2D eigenvalue weighted by Gasteiger charge is 2.13. The van der Waals surface area contributed by atoms with Crippen molar-refractivity contribution in [3.05, 3.63) is 48.0 Å². The number of nitrogens with one attached hydrogen (secondary N) is 1. The lowest BCUT2D eigenvalue weighted by molar-refractivity contribution is 0.459. The average molecular weight is 348 g/mol. The summed E-state index contributed by atoms with van der Waals surface area (Å²) in [6, 6.07) is 12.1. The molecule has 0 bridgehead atoms. The van der Waals surface area contributed by atoms with Gasteiger partial charge in [-0.05, 0) is 31.2 Å². The van der Waals surface area contributed by atoms with Gasteiger partial charge >= 0.3 is 0 Å². The Hall–Kier alpha value is -3.68. The summed E-state index contributed by atoms with van der Waals surface area (Å²) in [6.45, 7) is 2.80. The number of aromatic hydroxyl groups is 2. The van der Waals surface area contributed by atoms with Crippen LogP contribution >= 0.6 is 0 Å². The van der Waals surface area contributed by atoms with Crippen molar-refractivity contribution >= 4 is 34.2 Å². The summed E-state index contributed by atoms with van der Waals surface area (Å²) >= 11 is 0. The number of benzene rings is 2. The van der Waals surface area contributed by atoms with Gasteiger partial charge in [-0.2, -0.15) is 10.1 Å². The Morgan fingerprint density at radius 3 is 2.85 bits per heavy atom. The van der Waals surface area contributed by atoms with Gasteiger partial charge in [0, 0.05) is 17.5 Å². The Morgan fingerprint density at radius 2 is 2.00 bits per heavy atom. The lowest BCUT2D eigenvalue weighted by atomic mass is 10.2. The summed E-state index contributed by atoms with van der Waals surface area (Å²) < 4.78 is 2.06. The Balaban J connectivity index is 1.68. The van der Waals surface area contributed by atoms with E-state index in [2.05, 4.69) is 30.3 Å². The quantitative estimate of drug-likeness (QED) is 0.297. The van der Waals surface area contributed by atoms with Crippen molar-refractivity contribution in [2.45, 2.75) is 13.5 Å². The lowest BCUT2D eigenvalue weighted by Crippen LogP contribution is -2.02. The van der Waals surface area contributed by atoms with E-state index >= 15 is 0 Å². The molecule has 0 unspecified atom stereocenters. The van der Waals surface area contributed by atoms with Gasteiger partial charge in [0.05, 0.1) is 11.7 Å². The first-order valence-electron chi connectivity index (χ1n) is 8.10. The molecule has 4 rings (SSSR count). The second-order valence-electron chi connectivity index (χ2n) is 5.68. The number of fused-ring (bicyclic) bond motifs is 3. The number of phenols is 2. The fraction of sp³-hybridized carbons (Fsp3) is 0.111. The van der Waals surface area contributed by atoms with Crippen LogP contribution < -0.4 is 5.43 Å². The normalized spacial score (nSPS) is 11.6. The molecule has 0 aliphatic heterocycles. The summed E-state index contributed by atoms with van der Waals surface area (Å²) in [7, 11) is 0. The van der Waals surface area contributed by atoms with Crippen LogP contribution in [0.3, 0.4) is 0 Å². The highest BCUT2D eigenvalue weighted by molar-refractivity contribution is 6.04. The van der Waals surface area contributed by atoms with E-state index in [0.29, 0.717) is 5.56 Å². The molecule has 2 heterocycles. The van der Waals surface area contributed by atoms with E-state index in [-0.39, 0.29) is 17.4 Å². The third-order valence-corrected chi connectivity index (χ3v) is 4.07. The van der Waals surface area contributed by atoms with Crippen molar-refractivity contribution in [1.82, 2.24) is 19.7 Å². The third-order valence-electron chi connectivity index (χ3n) is 4.07. The van der Waals surface area contributed by atoms with E-state index in [9.17, 15) is 10.2 Å². The molecule has 0 spiro atoms. The second-order valence-corrected chi connectivity index (χ2v) is 5.68. The molecule has 4 aromatic rings. The van der Waals surface area contributed by atoms with Crippen molar-refractivity contribution in [3.8, 4) is 11.5 Å². The molecule has 0 fully saturated rings. The van der Waals surface area contributed by atoms with Gasteiger partial charge in [-0.25, -0.2) is 5.43 Å². The molecule has 2 aromatic heterocycles. The van der Waals surface area contributed by atoms with Crippen LogP contribution in [0, 0.1) is 0 Å². The molecule has 0 atom stereocenters. The van der Waals surface area contributed by atoms with E-state index in [1.54, 1.807) is 0 Å². The molecule has 0 radical (unpaired) electrons. The second kappa shape index (κ2) is 6.32. The fourth-order valence-electron chi connectivity index (χ4n) is 2.88. The number of hydrazone groups is 1. The lowest BCUT2D eigenvalue weighted by Gasteiger charge is -2.03. The minimum Gasteiger partial charge on any atom is -0.508 e. The third kappa shape index (κ3) is 2.67. The van der Waals surface area contributed by atoms with Gasteiger partial charge in [0.15, 0.2) is 5.65 Å². The maximum Gasteiger partial charge on any atom is 0.265 e. The van der Waals surface area contributed by atoms with E-state index in [1.807, 2.05) is 31.2 Å². The molecule has 0 aliphatic rings. The van der Waals surface area contributed by atoms with Crippen molar-refractivity contribution in [3.63, 3.8) is 0 Å². The first-order chi connectivity index (χ1) is 12.7. The molecule has 0 saturated heterocycles. The first-order valence-corrected chi connectivity index (χ1v) is 8.10.